The van der Waals surface area contributed by atoms with Crippen LogP contribution in [0, 0.1) is 12.8 Å². The molecule has 0 fully saturated rings. The largest absolute Gasteiger partial charge is 0.396 e. The van der Waals surface area contributed by atoms with Crippen molar-refractivity contribution in [3.8, 4) is 0 Å². The Balaban J connectivity index is 1.84. The van der Waals surface area contributed by atoms with E-state index in [1.807, 2.05) is 55.5 Å². The summed E-state index contributed by atoms with van der Waals surface area (Å²) in [6, 6.07) is 16.0. The molecular weight excluding hydrogens is 354 g/mol. The number of benzene rings is 2. The second-order valence-electron chi connectivity index (χ2n) is 5.85. The lowest BCUT2D eigenvalue weighted by Gasteiger charge is -2.15. The van der Waals surface area contributed by atoms with E-state index in [2.05, 4.69) is 21.2 Å². The fourth-order valence-electron chi connectivity index (χ4n) is 2.53. The van der Waals surface area contributed by atoms with Crippen LogP contribution in [-0.2, 0) is 17.6 Å². The molecule has 1 unspecified atom stereocenters. The molecule has 4 heteroatoms. The van der Waals surface area contributed by atoms with Crippen LogP contribution in [-0.4, -0.2) is 24.2 Å². The van der Waals surface area contributed by atoms with E-state index in [4.69, 9.17) is 0 Å². The van der Waals surface area contributed by atoms with Crippen molar-refractivity contribution in [2.75, 3.05) is 13.2 Å². The van der Waals surface area contributed by atoms with Crippen LogP contribution in [0.5, 0.6) is 0 Å². The fraction of sp³-hybridized carbons (Fsp3) is 0.316. The lowest BCUT2D eigenvalue weighted by molar-refractivity contribution is -0.120. The number of aliphatic hydroxyl groups is 1. The van der Waals surface area contributed by atoms with Crippen molar-refractivity contribution in [3.05, 3.63) is 69.7 Å². The van der Waals surface area contributed by atoms with Crippen LogP contribution in [0.15, 0.2) is 53.0 Å². The maximum absolute atomic E-state index is 12.1. The Bertz CT molecular complexity index is 657. The monoisotopic (exact) mass is 375 g/mol. The van der Waals surface area contributed by atoms with Gasteiger partial charge in [0.05, 0.1) is 6.42 Å². The Morgan fingerprint density at radius 2 is 1.91 bits per heavy atom. The summed E-state index contributed by atoms with van der Waals surface area (Å²) in [4.78, 5) is 12.1. The van der Waals surface area contributed by atoms with Crippen LogP contribution >= 0.6 is 15.9 Å². The van der Waals surface area contributed by atoms with Gasteiger partial charge >= 0.3 is 0 Å². The highest BCUT2D eigenvalue weighted by Crippen LogP contribution is 2.15. The zero-order valence-corrected chi connectivity index (χ0v) is 14.8. The molecule has 3 nitrogen and oxygen atoms in total. The lowest BCUT2D eigenvalue weighted by Crippen LogP contribution is -2.32. The average molecular weight is 376 g/mol. The molecule has 0 saturated heterocycles. The number of carbonyl (C=O) groups is 1. The number of aliphatic hydroxyl groups excluding tert-OH is 1. The summed E-state index contributed by atoms with van der Waals surface area (Å²) in [5.41, 5.74) is 3.31. The van der Waals surface area contributed by atoms with Gasteiger partial charge in [0.25, 0.3) is 0 Å². The molecule has 2 N–H and O–H groups in total. The quantitative estimate of drug-likeness (QED) is 0.779. The lowest BCUT2D eigenvalue weighted by atomic mass is 10.00. The summed E-state index contributed by atoms with van der Waals surface area (Å²) in [7, 11) is 0. The van der Waals surface area contributed by atoms with Crippen molar-refractivity contribution in [2.24, 2.45) is 5.92 Å². The third kappa shape index (κ3) is 6.16. The first-order chi connectivity index (χ1) is 11.1. The van der Waals surface area contributed by atoms with Crippen LogP contribution in [0.3, 0.4) is 0 Å². The van der Waals surface area contributed by atoms with Gasteiger partial charge in [-0.1, -0.05) is 57.9 Å². The van der Waals surface area contributed by atoms with Gasteiger partial charge in [0.1, 0.15) is 0 Å². The highest BCUT2D eigenvalue weighted by molar-refractivity contribution is 9.10. The molecule has 2 rings (SSSR count). The van der Waals surface area contributed by atoms with Crippen molar-refractivity contribution in [1.82, 2.24) is 5.32 Å². The molecule has 0 saturated carbocycles. The summed E-state index contributed by atoms with van der Waals surface area (Å²) in [5.74, 6) is 0.00838. The number of aryl methyl sites for hydroxylation is 1. The van der Waals surface area contributed by atoms with Crippen LogP contribution in [0.4, 0.5) is 0 Å². The highest BCUT2D eigenvalue weighted by Gasteiger charge is 2.11. The first-order valence-electron chi connectivity index (χ1n) is 7.74. The highest BCUT2D eigenvalue weighted by atomic mass is 79.9. The normalized spacial score (nSPS) is 12.0. The van der Waals surface area contributed by atoms with E-state index in [1.54, 1.807) is 0 Å². The number of hydrogen-bond donors (Lipinski definition) is 2. The van der Waals surface area contributed by atoms with E-state index < -0.39 is 0 Å². The Kier molecular flexibility index (Phi) is 6.81. The van der Waals surface area contributed by atoms with Gasteiger partial charge in [-0.05, 0) is 36.6 Å². The van der Waals surface area contributed by atoms with Gasteiger partial charge in [0.15, 0.2) is 0 Å². The molecule has 0 radical (unpaired) electrons. The number of hydrogen-bond acceptors (Lipinski definition) is 2. The van der Waals surface area contributed by atoms with Gasteiger partial charge in [-0.25, -0.2) is 0 Å². The smallest absolute Gasteiger partial charge is 0.224 e. The van der Waals surface area contributed by atoms with Gasteiger partial charge in [-0.2, -0.15) is 0 Å². The zero-order chi connectivity index (χ0) is 16.7. The van der Waals surface area contributed by atoms with Crippen LogP contribution < -0.4 is 5.32 Å². The zero-order valence-electron chi connectivity index (χ0n) is 13.3. The second-order valence-corrected chi connectivity index (χ2v) is 6.77. The molecule has 122 valence electrons. The number of halogens is 1. The first kappa shape index (κ1) is 17.7. The number of amides is 1. The van der Waals surface area contributed by atoms with Gasteiger partial charge in [-0.3, -0.25) is 4.79 Å². The Morgan fingerprint density at radius 3 is 2.61 bits per heavy atom. The van der Waals surface area contributed by atoms with Gasteiger partial charge < -0.3 is 10.4 Å². The molecule has 2 aromatic carbocycles. The van der Waals surface area contributed by atoms with Crippen LogP contribution in [0.1, 0.15) is 16.7 Å². The van der Waals surface area contributed by atoms with E-state index in [0.717, 1.165) is 27.6 Å². The molecular formula is C19H22BrNO2. The second kappa shape index (κ2) is 8.85. The third-order valence-corrected chi connectivity index (χ3v) is 4.20. The maximum Gasteiger partial charge on any atom is 0.224 e. The van der Waals surface area contributed by atoms with Crippen molar-refractivity contribution in [1.29, 1.82) is 0 Å². The number of rotatable bonds is 7. The third-order valence-electron chi connectivity index (χ3n) is 3.71. The maximum atomic E-state index is 12.1. The van der Waals surface area contributed by atoms with E-state index in [1.165, 1.54) is 0 Å². The molecule has 0 aromatic heterocycles. The molecule has 2 aromatic rings. The van der Waals surface area contributed by atoms with Gasteiger partial charge in [0.2, 0.25) is 5.91 Å². The fourth-order valence-corrected chi connectivity index (χ4v) is 2.97. The minimum absolute atomic E-state index is 0.0108. The number of carbonyl (C=O) groups excluding carboxylic acids is 1. The molecule has 0 bridgehead atoms. The van der Waals surface area contributed by atoms with Crippen molar-refractivity contribution < 1.29 is 9.90 Å². The molecule has 0 aliphatic heterocycles. The summed E-state index contributed by atoms with van der Waals surface area (Å²) in [5, 5.41) is 12.5. The van der Waals surface area contributed by atoms with E-state index in [0.29, 0.717) is 13.0 Å². The van der Waals surface area contributed by atoms with Crippen LogP contribution in [0.2, 0.25) is 0 Å². The SMILES string of the molecule is Cc1cccc(CC(=O)NCC(CO)Cc2cccc(Br)c2)c1. The molecule has 1 atom stereocenters. The summed E-state index contributed by atoms with van der Waals surface area (Å²) >= 11 is 3.45. The van der Waals surface area contributed by atoms with Crippen molar-refractivity contribution >= 4 is 21.8 Å². The summed E-state index contributed by atoms with van der Waals surface area (Å²) < 4.78 is 1.02. The van der Waals surface area contributed by atoms with Gasteiger partial charge in [0, 0.05) is 23.5 Å². The summed E-state index contributed by atoms with van der Waals surface area (Å²) in [6.07, 6.45) is 1.11. The minimum Gasteiger partial charge on any atom is -0.396 e. The molecule has 1 amide bonds. The minimum atomic E-state index is -0.0108. The predicted molar refractivity (Wildman–Crippen MR) is 96.3 cm³/mol. The van der Waals surface area contributed by atoms with Crippen molar-refractivity contribution in [2.45, 2.75) is 19.8 Å². The number of nitrogens with one attached hydrogen (secondary N) is 1. The van der Waals surface area contributed by atoms with Crippen LogP contribution in [0.25, 0.3) is 0 Å². The summed E-state index contributed by atoms with van der Waals surface area (Å²) in [6.45, 7) is 2.55. The van der Waals surface area contributed by atoms with E-state index in [-0.39, 0.29) is 18.4 Å². The standard InChI is InChI=1S/C19H22BrNO2/c1-14-4-2-5-15(8-14)11-19(23)21-12-17(13-22)9-16-6-3-7-18(20)10-16/h2-8,10,17,22H,9,11-13H2,1H3,(H,21,23). The topological polar surface area (TPSA) is 49.3 Å². The average Bonchev–Trinajstić information content (AvgIpc) is 2.51. The van der Waals surface area contributed by atoms with E-state index in [9.17, 15) is 9.90 Å². The Morgan fingerprint density at radius 1 is 1.17 bits per heavy atom. The molecule has 0 aliphatic carbocycles. The van der Waals surface area contributed by atoms with Crippen molar-refractivity contribution in [3.63, 3.8) is 0 Å². The molecule has 0 spiro atoms. The molecule has 0 heterocycles. The molecule has 0 aliphatic rings. The Hall–Kier alpha value is -1.65. The Labute approximate surface area is 145 Å². The first-order valence-corrected chi connectivity index (χ1v) is 8.53. The van der Waals surface area contributed by atoms with E-state index >= 15 is 0 Å². The van der Waals surface area contributed by atoms with Gasteiger partial charge in [-0.15, -0.1) is 0 Å². The predicted octanol–water partition coefficient (Wildman–Crippen LogP) is 3.27. The molecule has 23 heavy (non-hydrogen) atoms.